The largest absolute Gasteiger partial charge is 3.00 e. The first-order valence-electron chi connectivity index (χ1n) is 7.12. The minimum absolute atomic E-state index is 0. The molecule has 0 amide bonds. The van der Waals surface area contributed by atoms with Crippen molar-refractivity contribution < 1.29 is 45.1 Å². The van der Waals surface area contributed by atoms with Crippen molar-refractivity contribution in [2.24, 2.45) is 0 Å². The Labute approximate surface area is 156 Å². The zero-order valence-electron chi connectivity index (χ0n) is 13.1. The molecule has 0 N–H and O–H groups in total. The summed E-state index contributed by atoms with van der Waals surface area (Å²) in [6.07, 6.45) is 2.48. The average molecular weight is 367 g/mol. The molecule has 0 aliphatic rings. The molecule has 0 saturated carbocycles. The van der Waals surface area contributed by atoms with Crippen LogP contribution in [0.1, 0.15) is 63.5 Å². The van der Waals surface area contributed by atoms with Crippen LogP contribution in [0.25, 0.3) is 0 Å². The third-order valence-corrected chi connectivity index (χ3v) is 3.74. The van der Waals surface area contributed by atoms with Gasteiger partial charge in [-0.15, -0.1) is 0 Å². The Morgan fingerprint density at radius 2 is 0.950 bits per heavy atom. The van der Waals surface area contributed by atoms with E-state index in [1.54, 1.807) is 0 Å². The van der Waals surface area contributed by atoms with E-state index < -0.39 is 0 Å². The number of rotatable bonds is 4. The Morgan fingerprint density at radius 3 is 1.15 bits per heavy atom. The van der Waals surface area contributed by atoms with Crippen LogP contribution in [0.5, 0.6) is 0 Å². The smallest absolute Gasteiger partial charge is 1.00 e. The zero-order valence-corrected chi connectivity index (χ0v) is 16.7. The second-order valence-electron chi connectivity index (χ2n) is 5.06. The molecule has 2 rings (SSSR count). The summed E-state index contributed by atoms with van der Waals surface area (Å²) in [5.41, 5.74) is 2.94. The van der Waals surface area contributed by atoms with Crippen molar-refractivity contribution in [2.75, 3.05) is 0 Å². The van der Waals surface area contributed by atoms with E-state index in [0.717, 1.165) is 11.8 Å². The van der Waals surface area contributed by atoms with Crippen molar-refractivity contribution in [3.05, 3.63) is 59.7 Å². The summed E-state index contributed by atoms with van der Waals surface area (Å²) in [5.74, 6) is 1.47. The first kappa shape index (κ1) is 22.4. The molecule has 2 heteroatoms. The van der Waals surface area contributed by atoms with Crippen LogP contribution in [0, 0.1) is 0 Å². The van der Waals surface area contributed by atoms with E-state index in [1.165, 1.54) is 24.0 Å². The van der Waals surface area contributed by atoms with Gasteiger partial charge in [0, 0.05) is 0 Å². The Balaban J connectivity index is 0. The maximum absolute atomic E-state index is 2.26. The van der Waals surface area contributed by atoms with Crippen molar-refractivity contribution in [3.63, 3.8) is 0 Å². The van der Waals surface area contributed by atoms with Crippen molar-refractivity contribution >= 4 is 0 Å². The second-order valence-corrected chi connectivity index (χ2v) is 5.06. The van der Waals surface area contributed by atoms with E-state index in [4.69, 9.17) is 0 Å². The minimum Gasteiger partial charge on any atom is -1.00 e. The van der Waals surface area contributed by atoms with Crippen molar-refractivity contribution in [1.82, 2.24) is 0 Å². The molecule has 2 aromatic carbocycles. The fourth-order valence-corrected chi connectivity index (χ4v) is 1.91. The van der Waals surface area contributed by atoms with E-state index in [1.807, 2.05) is 0 Å². The van der Waals surface area contributed by atoms with E-state index in [0.29, 0.717) is 0 Å². The van der Waals surface area contributed by atoms with Crippen LogP contribution < -0.4 is 12.4 Å². The predicted octanol–water partition coefficient (Wildman–Crippen LogP) is 2.84. The summed E-state index contributed by atoms with van der Waals surface area (Å²) in [5, 5.41) is 0. The third kappa shape index (κ3) is 7.76. The monoisotopic (exact) mass is 366 g/mol. The summed E-state index contributed by atoms with van der Waals surface area (Å²) >= 11 is 0. The summed E-state index contributed by atoms with van der Waals surface area (Å²) in [6, 6.07) is 17.1. The molecular weight excluding hydrogens is 341 g/mol. The molecule has 0 saturated heterocycles. The first-order valence-corrected chi connectivity index (χ1v) is 7.12. The van der Waals surface area contributed by atoms with Crippen LogP contribution in [-0.4, -0.2) is 0 Å². The van der Waals surface area contributed by atoms with Crippen molar-refractivity contribution in [1.29, 1.82) is 0 Å². The first-order chi connectivity index (χ1) is 8.69. The van der Waals surface area contributed by atoms with Gasteiger partial charge in [0.25, 0.3) is 0 Å². The molecule has 0 aliphatic heterocycles. The van der Waals surface area contributed by atoms with E-state index >= 15 is 0 Å². The normalized spacial score (nSPS) is 12.2. The molecule has 0 spiro atoms. The summed E-state index contributed by atoms with van der Waals surface area (Å²) < 4.78 is 0. The van der Waals surface area contributed by atoms with Crippen LogP contribution >= 0.6 is 0 Å². The van der Waals surface area contributed by atoms with Gasteiger partial charge in [-0.25, -0.2) is 24.3 Å². The second kappa shape index (κ2) is 12.8. The molecule has 0 nitrogen and oxygen atoms in total. The quantitative estimate of drug-likeness (QED) is 0.730. The Morgan fingerprint density at radius 1 is 0.700 bits per heavy atom. The maximum Gasteiger partial charge on any atom is 3.00 e. The fraction of sp³-hybridized carbons (Fsp3) is 0.444. The van der Waals surface area contributed by atoms with Crippen LogP contribution in [0.15, 0.2) is 48.5 Å². The molecule has 20 heavy (non-hydrogen) atoms. The fourth-order valence-electron chi connectivity index (χ4n) is 1.91. The van der Waals surface area contributed by atoms with Gasteiger partial charge in [-0.3, -0.25) is 0 Å². The topological polar surface area (TPSA) is 0 Å². The van der Waals surface area contributed by atoms with E-state index in [9.17, 15) is 0 Å². The van der Waals surface area contributed by atoms with Crippen molar-refractivity contribution in [2.45, 2.75) is 52.4 Å². The van der Waals surface area contributed by atoms with Gasteiger partial charge in [-0.1, -0.05) is 52.4 Å². The Bertz CT molecular complexity index is 349. The SMILES string of the molecule is CCC(C)[c-]1cccc1.CCC(C)[c-]1cccc1.[Cl-].[Y+3]. The molecule has 0 radical (unpaired) electrons. The molecule has 2 unspecified atom stereocenters. The molecule has 2 aromatic rings. The number of halogens is 1. The molecule has 0 bridgehead atoms. The van der Waals surface area contributed by atoms with Gasteiger partial charge < -0.3 is 12.4 Å². The van der Waals surface area contributed by atoms with Crippen LogP contribution in [0.3, 0.4) is 0 Å². The maximum atomic E-state index is 2.26. The van der Waals surface area contributed by atoms with E-state index in [-0.39, 0.29) is 45.1 Å². The summed E-state index contributed by atoms with van der Waals surface area (Å²) in [4.78, 5) is 0. The molecule has 2 atom stereocenters. The number of hydrogen-bond acceptors (Lipinski definition) is 0. The molecule has 108 valence electrons. The predicted molar refractivity (Wildman–Crippen MR) is 81.5 cm³/mol. The molecular formula is C18H26ClY. The molecule has 0 fully saturated rings. The van der Waals surface area contributed by atoms with Gasteiger partial charge >= 0.3 is 32.7 Å². The molecule has 0 aromatic heterocycles. The Hall–Kier alpha value is 0.0939. The van der Waals surface area contributed by atoms with Gasteiger partial charge in [0.1, 0.15) is 0 Å². The van der Waals surface area contributed by atoms with Gasteiger partial charge in [-0.05, 0) is 0 Å². The van der Waals surface area contributed by atoms with Crippen LogP contribution in [-0.2, 0) is 32.7 Å². The average Bonchev–Trinajstić information content (AvgIpc) is 3.09. The van der Waals surface area contributed by atoms with Crippen LogP contribution in [0.4, 0.5) is 0 Å². The molecule has 0 aliphatic carbocycles. The zero-order chi connectivity index (χ0) is 13.4. The van der Waals surface area contributed by atoms with Crippen LogP contribution in [0.2, 0.25) is 0 Å². The summed E-state index contributed by atoms with van der Waals surface area (Å²) in [6.45, 7) is 8.96. The van der Waals surface area contributed by atoms with Gasteiger partial charge in [0.15, 0.2) is 0 Å². The van der Waals surface area contributed by atoms with Gasteiger partial charge in [0.2, 0.25) is 0 Å². The van der Waals surface area contributed by atoms with E-state index in [2.05, 4.69) is 76.2 Å². The number of hydrogen-bond donors (Lipinski definition) is 0. The molecule has 0 heterocycles. The third-order valence-electron chi connectivity index (χ3n) is 3.74. The van der Waals surface area contributed by atoms with Crippen molar-refractivity contribution in [3.8, 4) is 0 Å². The van der Waals surface area contributed by atoms with Gasteiger partial charge in [-0.2, -0.15) is 35.4 Å². The standard InChI is InChI=1S/2C9H13.ClH.Y/c2*1-3-8(2)9-6-4-5-7-9;;/h2*4-8H,3H2,1-2H3;1H;/q2*-1;;+3/p-1. The Kier molecular flexibility index (Phi) is 14.3. The summed E-state index contributed by atoms with van der Waals surface area (Å²) in [7, 11) is 0. The minimum atomic E-state index is 0. The van der Waals surface area contributed by atoms with Gasteiger partial charge in [0.05, 0.1) is 0 Å².